The Balaban J connectivity index is 1.37. The lowest BCUT2D eigenvalue weighted by Crippen LogP contribution is -2.24. The van der Waals surface area contributed by atoms with Crippen LogP contribution in [0.4, 0.5) is 0 Å². The lowest BCUT2D eigenvalue weighted by Gasteiger charge is -2.36. The Hall–Kier alpha value is -0.520. The van der Waals surface area contributed by atoms with Crippen molar-refractivity contribution >= 4 is 0 Å². The smallest absolute Gasteiger partial charge is 0.0233 e. The van der Waals surface area contributed by atoms with E-state index in [1.54, 1.807) is 0 Å². The second-order valence-electron chi connectivity index (χ2n) is 8.99. The van der Waals surface area contributed by atoms with Crippen molar-refractivity contribution in [1.82, 2.24) is 0 Å². The van der Waals surface area contributed by atoms with Gasteiger partial charge in [0.25, 0.3) is 0 Å². The average molecular weight is 315 g/mol. The lowest BCUT2D eigenvalue weighted by atomic mass is 9.69. The molecule has 130 valence electrons. The summed E-state index contributed by atoms with van der Waals surface area (Å²) in [5, 5.41) is 0. The zero-order valence-corrected chi connectivity index (χ0v) is 15.4. The molecule has 3 aliphatic rings. The van der Waals surface area contributed by atoms with Gasteiger partial charge >= 0.3 is 0 Å². The summed E-state index contributed by atoms with van der Waals surface area (Å²) in [6.07, 6.45) is 24.9. The molecule has 3 fully saturated rings. The van der Waals surface area contributed by atoms with Crippen molar-refractivity contribution in [2.75, 3.05) is 0 Å². The Morgan fingerprint density at radius 3 is 1.43 bits per heavy atom. The molecular weight excluding hydrogens is 276 g/mol. The summed E-state index contributed by atoms with van der Waals surface area (Å²) < 4.78 is 0. The monoisotopic (exact) mass is 314 g/mol. The van der Waals surface area contributed by atoms with E-state index in [-0.39, 0.29) is 0 Å². The van der Waals surface area contributed by atoms with E-state index < -0.39 is 0 Å². The molecule has 0 radical (unpaired) electrons. The molecule has 0 aromatic carbocycles. The third-order valence-electron chi connectivity index (χ3n) is 7.35. The molecule has 0 heteroatoms. The highest BCUT2D eigenvalue weighted by Crippen LogP contribution is 2.41. The second kappa shape index (κ2) is 8.54. The zero-order valence-electron chi connectivity index (χ0n) is 15.4. The van der Waals surface area contributed by atoms with Crippen LogP contribution < -0.4 is 0 Å². The summed E-state index contributed by atoms with van der Waals surface area (Å²) >= 11 is 0. The molecule has 0 aromatic heterocycles. The number of hydrogen-bond donors (Lipinski definition) is 0. The minimum atomic E-state index is 0.799. The van der Waals surface area contributed by atoms with Crippen molar-refractivity contribution in [2.24, 2.45) is 35.5 Å². The molecule has 23 heavy (non-hydrogen) atoms. The molecule has 0 heterocycles. The Labute approximate surface area is 144 Å². The highest BCUT2D eigenvalue weighted by atomic mass is 14.3. The molecule has 0 aromatic rings. The van der Waals surface area contributed by atoms with Gasteiger partial charge in [0, 0.05) is 0 Å². The van der Waals surface area contributed by atoms with Crippen LogP contribution in [-0.2, 0) is 0 Å². The molecule has 0 aliphatic heterocycles. The topological polar surface area (TPSA) is 0 Å². The molecule has 0 N–H and O–H groups in total. The largest absolute Gasteiger partial charge is 0.103 e. The van der Waals surface area contributed by atoms with E-state index in [4.69, 9.17) is 0 Å². The highest BCUT2D eigenvalue weighted by Gasteiger charge is 2.29. The molecule has 0 amide bonds. The maximum atomic E-state index is 3.96. The van der Waals surface area contributed by atoms with E-state index in [2.05, 4.69) is 31.7 Å². The Morgan fingerprint density at radius 1 is 0.565 bits per heavy atom. The first-order valence-electron chi connectivity index (χ1n) is 10.6. The summed E-state index contributed by atoms with van der Waals surface area (Å²) in [6, 6.07) is 0. The van der Waals surface area contributed by atoms with Gasteiger partial charge in [0.1, 0.15) is 0 Å². The fraction of sp³-hybridized carbons (Fsp3) is 0.826. The van der Waals surface area contributed by atoms with Crippen LogP contribution in [0.25, 0.3) is 0 Å². The summed E-state index contributed by atoms with van der Waals surface area (Å²) in [6.45, 7) is 6.41. The average Bonchev–Trinajstić information content (AvgIpc) is 2.61. The molecule has 0 saturated heterocycles. The first-order valence-corrected chi connectivity index (χ1v) is 10.6. The van der Waals surface area contributed by atoms with Crippen molar-refractivity contribution in [3.63, 3.8) is 0 Å². The summed E-state index contributed by atoms with van der Waals surface area (Å²) in [4.78, 5) is 0. The van der Waals surface area contributed by atoms with Gasteiger partial charge in [-0.1, -0.05) is 38.0 Å². The summed E-state index contributed by atoms with van der Waals surface area (Å²) in [7, 11) is 0. The van der Waals surface area contributed by atoms with E-state index in [9.17, 15) is 0 Å². The van der Waals surface area contributed by atoms with E-state index in [0.29, 0.717) is 0 Å². The Morgan fingerprint density at radius 2 is 0.957 bits per heavy atom. The SMILES string of the molecule is C=CC1CCC(C=CC2CCC(C3CCC(C)CC3)CC2)CC1. The van der Waals surface area contributed by atoms with Crippen LogP contribution in [0.3, 0.4) is 0 Å². The fourth-order valence-corrected chi connectivity index (χ4v) is 5.45. The molecule has 3 saturated carbocycles. The minimum Gasteiger partial charge on any atom is -0.103 e. The van der Waals surface area contributed by atoms with Gasteiger partial charge in [-0.15, -0.1) is 6.58 Å². The van der Waals surface area contributed by atoms with Crippen molar-refractivity contribution in [1.29, 1.82) is 0 Å². The van der Waals surface area contributed by atoms with Gasteiger partial charge in [0.2, 0.25) is 0 Å². The van der Waals surface area contributed by atoms with Gasteiger partial charge in [-0.2, -0.15) is 0 Å². The van der Waals surface area contributed by atoms with Crippen LogP contribution in [0.15, 0.2) is 24.8 Å². The van der Waals surface area contributed by atoms with Crippen LogP contribution in [0, 0.1) is 35.5 Å². The van der Waals surface area contributed by atoms with E-state index in [1.807, 2.05) is 0 Å². The molecule has 0 atom stereocenters. The standard InChI is InChI=1S/C23H38/c1-3-19-6-8-20(9-7-19)10-11-21-12-16-23(17-13-21)22-14-4-18(2)5-15-22/h3,10-11,18-23H,1,4-9,12-17H2,2H3. The van der Waals surface area contributed by atoms with Crippen LogP contribution in [0.5, 0.6) is 0 Å². The van der Waals surface area contributed by atoms with Gasteiger partial charge in [0.15, 0.2) is 0 Å². The molecular formula is C23H38. The first kappa shape index (κ1) is 17.3. The normalized spacial score (nSPS) is 42.7. The van der Waals surface area contributed by atoms with Gasteiger partial charge in [-0.05, 0) is 99.7 Å². The van der Waals surface area contributed by atoms with Crippen LogP contribution in [0.2, 0.25) is 0 Å². The molecule has 3 aliphatic carbocycles. The minimum absolute atomic E-state index is 0.799. The molecule has 0 nitrogen and oxygen atoms in total. The van der Waals surface area contributed by atoms with Crippen molar-refractivity contribution < 1.29 is 0 Å². The number of allylic oxidation sites excluding steroid dienone is 3. The van der Waals surface area contributed by atoms with E-state index in [1.165, 1.54) is 77.0 Å². The second-order valence-corrected chi connectivity index (χ2v) is 8.99. The summed E-state index contributed by atoms with van der Waals surface area (Å²) in [5.41, 5.74) is 0. The third kappa shape index (κ3) is 4.97. The predicted octanol–water partition coefficient (Wildman–Crippen LogP) is 7.17. The number of hydrogen-bond acceptors (Lipinski definition) is 0. The van der Waals surface area contributed by atoms with Crippen molar-refractivity contribution in [3.8, 4) is 0 Å². The Bertz CT molecular complexity index is 369. The highest BCUT2D eigenvalue weighted by molar-refractivity contribution is 4.98. The van der Waals surface area contributed by atoms with Crippen LogP contribution in [-0.4, -0.2) is 0 Å². The van der Waals surface area contributed by atoms with Gasteiger partial charge in [-0.3, -0.25) is 0 Å². The maximum Gasteiger partial charge on any atom is -0.0233 e. The van der Waals surface area contributed by atoms with Crippen molar-refractivity contribution in [3.05, 3.63) is 24.8 Å². The van der Waals surface area contributed by atoms with Gasteiger partial charge in [0.05, 0.1) is 0 Å². The third-order valence-corrected chi connectivity index (χ3v) is 7.35. The van der Waals surface area contributed by atoms with E-state index in [0.717, 1.165) is 35.5 Å². The van der Waals surface area contributed by atoms with Gasteiger partial charge in [-0.25, -0.2) is 0 Å². The fourth-order valence-electron chi connectivity index (χ4n) is 5.45. The quantitative estimate of drug-likeness (QED) is 0.482. The molecule has 3 rings (SSSR count). The van der Waals surface area contributed by atoms with Gasteiger partial charge < -0.3 is 0 Å². The van der Waals surface area contributed by atoms with Crippen LogP contribution >= 0.6 is 0 Å². The van der Waals surface area contributed by atoms with Crippen molar-refractivity contribution in [2.45, 2.75) is 84.0 Å². The lowest BCUT2D eigenvalue weighted by molar-refractivity contribution is 0.160. The Kier molecular flexibility index (Phi) is 6.43. The summed E-state index contributed by atoms with van der Waals surface area (Å²) in [5.74, 6) is 5.70. The van der Waals surface area contributed by atoms with E-state index >= 15 is 0 Å². The first-order chi connectivity index (χ1) is 11.2. The predicted molar refractivity (Wildman–Crippen MR) is 101 cm³/mol. The number of rotatable bonds is 4. The zero-order chi connectivity index (χ0) is 16.1. The molecule has 0 unspecified atom stereocenters. The van der Waals surface area contributed by atoms with Crippen LogP contribution in [0.1, 0.15) is 84.0 Å². The molecule has 0 spiro atoms. The molecule has 0 bridgehead atoms. The maximum absolute atomic E-state index is 3.96.